The number of methoxy groups -OCH3 is 1. The summed E-state index contributed by atoms with van der Waals surface area (Å²) in [4.78, 5) is 7.92. The van der Waals surface area contributed by atoms with E-state index in [1.54, 1.807) is 6.07 Å². The number of anilines is 1. The van der Waals surface area contributed by atoms with Crippen LogP contribution < -0.4 is 10.5 Å². The maximum atomic E-state index is 13.1. The molecule has 2 aromatic heterocycles. The van der Waals surface area contributed by atoms with Gasteiger partial charge in [-0.25, -0.2) is 9.97 Å². The molecule has 4 nitrogen and oxygen atoms in total. The predicted molar refractivity (Wildman–Crippen MR) is 93.9 cm³/mol. The molecule has 0 amide bonds. The summed E-state index contributed by atoms with van der Waals surface area (Å²) in [7, 11) is 1.42. The number of hydrogen-bond donors (Lipinski definition) is 1. The molecular weight excluding hydrogens is 400 g/mol. The molecule has 0 bridgehead atoms. The molecule has 3 aromatic rings. The van der Waals surface area contributed by atoms with Gasteiger partial charge in [0, 0.05) is 35.2 Å². The van der Waals surface area contributed by atoms with Gasteiger partial charge in [-0.3, -0.25) is 0 Å². The van der Waals surface area contributed by atoms with Gasteiger partial charge >= 0.3 is 12.4 Å². The number of nitrogens with two attached hydrogens (primary N) is 1. The molecule has 29 heavy (non-hydrogen) atoms. The lowest BCUT2D eigenvalue weighted by molar-refractivity contribution is -0.143. The van der Waals surface area contributed by atoms with Gasteiger partial charge in [-0.2, -0.15) is 26.3 Å². The number of hydrogen-bond acceptors (Lipinski definition) is 4. The Morgan fingerprint density at radius 3 is 1.83 bits per heavy atom. The van der Waals surface area contributed by atoms with Crippen LogP contribution in [0.5, 0.6) is 5.88 Å². The first kappa shape index (κ1) is 20.4. The number of nitrogens with zero attached hydrogens (tertiary/aromatic N) is 2. The van der Waals surface area contributed by atoms with Gasteiger partial charge in [0.25, 0.3) is 0 Å². The van der Waals surface area contributed by atoms with E-state index in [0.29, 0.717) is 29.1 Å². The van der Waals surface area contributed by atoms with E-state index in [1.807, 2.05) is 0 Å². The summed E-state index contributed by atoms with van der Waals surface area (Å²) in [6.07, 6.45) is -7.37. The minimum absolute atomic E-state index is 0.0432. The molecule has 152 valence electrons. The van der Waals surface area contributed by atoms with Gasteiger partial charge in [-0.15, -0.1) is 0 Å². The maximum Gasteiger partial charge on any atom is 0.416 e. The minimum atomic E-state index is -4.94. The fourth-order valence-electron chi connectivity index (χ4n) is 2.65. The third-order valence-corrected chi connectivity index (χ3v) is 4.10. The molecule has 0 saturated heterocycles. The van der Waals surface area contributed by atoms with E-state index in [-0.39, 0.29) is 23.0 Å². The van der Waals surface area contributed by atoms with Gasteiger partial charge in [0.15, 0.2) is 0 Å². The van der Waals surface area contributed by atoms with Gasteiger partial charge in [0.1, 0.15) is 5.82 Å². The Morgan fingerprint density at radius 1 is 0.759 bits per heavy atom. The molecule has 0 fully saturated rings. The van der Waals surface area contributed by atoms with Gasteiger partial charge in [0.05, 0.1) is 18.2 Å². The number of ether oxygens (including phenoxy) is 1. The smallest absolute Gasteiger partial charge is 0.416 e. The second-order valence-electron chi connectivity index (χ2n) is 6.04. The van der Waals surface area contributed by atoms with Crippen molar-refractivity contribution in [3.05, 3.63) is 59.9 Å². The van der Waals surface area contributed by atoms with Crippen molar-refractivity contribution in [2.24, 2.45) is 0 Å². The zero-order chi connectivity index (χ0) is 21.4. The second-order valence-corrected chi connectivity index (χ2v) is 6.04. The Morgan fingerprint density at radius 2 is 1.34 bits per heavy atom. The summed E-state index contributed by atoms with van der Waals surface area (Å²) in [5, 5.41) is 0. The van der Waals surface area contributed by atoms with Gasteiger partial charge in [0.2, 0.25) is 5.88 Å². The van der Waals surface area contributed by atoms with Crippen molar-refractivity contribution in [1.29, 1.82) is 0 Å². The molecule has 2 heterocycles. The zero-order valence-electron chi connectivity index (χ0n) is 14.8. The third-order valence-electron chi connectivity index (χ3n) is 4.10. The monoisotopic (exact) mass is 413 g/mol. The Bertz CT molecular complexity index is 997. The minimum Gasteiger partial charge on any atom is -0.481 e. The van der Waals surface area contributed by atoms with Crippen LogP contribution in [0.15, 0.2) is 48.8 Å². The molecule has 0 radical (unpaired) electrons. The largest absolute Gasteiger partial charge is 0.481 e. The van der Waals surface area contributed by atoms with E-state index >= 15 is 0 Å². The van der Waals surface area contributed by atoms with Crippen LogP contribution in [0.1, 0.15) is 11.1 Å². The summed E-state index contributed by atoms with van der Waals surface area (Å²) >= 11 is 0. The number of benzene rings is 1. The highest BCUT2D eigenvalue weighted by Crippen LogP contribution is 2.39. The molecule has 0 spiro atoms. The van der Waals surface area contributed by atoms with E-state index in [1.165, 1.54) is 25.4 Å². The first-order valence-electron chi connectivity index (χ1n) is 8.05. The zero-order valence-corrected chi connectivity index (χ0v) is 14.8. The molecule has 0 saturated carbocycles. The van der Waals surface area contributed by atoms with Gasteiger partial charge in [-0.1, -0.05) is 0 Å². The molecule has 10 heteroatoms. The van der Waals surface area contributed by atoms with Crippen molar-refractivity contribution in [2.75, 3.05) is 12.8 Å². The highest BCUT2D eigenvalue weighted by Gasteiger charge is 2.37. The van der Waals surface area contributed by atoms with E-state index < -0.39 is 23.5 Å². The van der Waals surface area contributed by atoms with Crippen molar-refractivity contribution in [3.8, 4) is 28.1 Å². The van der Waals surface area contributed by atoms with Gasteiger partial charge < -0.3 is 10.5 Å². The van der Waals surface area contributed by atoms with Crippen LogP contribution in [-0.2, 0) is 12.4 Å². The fraction of sp³-hybridized carbons (Fsp3) is 0.158. The number of alkyl halides is 6. The van der Waals surface area contributed by atoms with Crippen LogP contribution in [0.2, 0.25) is 0 Å². The first-order chi connectivity index (χ1) is 13.5. The Labute approximate surface area is 161 Å². The average molecular weight is 413 g/mol. The van der Waals surface area contributed by atoms with E-state index in [2.05, 4.69) is 9.97 Å². The number of nitrogen functional groups attached to an aromatic ring is 1. The Hall–Kier alpha value is -3.30. The van der Waals surface area contributed by atoms with Crippen molar-refractivity contribution in [3.63, 3.8) is 0 Å². The SMILES string of the molecule is COc1ccc(-c2cc(-c3cc(C(F)(F)F)cc(C(F)(F)F)c3)cnc2N)cn1. The van der Waals surface area contributed by atoms with Crippen LogP contribution in [0.25, 0.3) is 22.3 Å². The Kier molecular flexibility index (Phi) is 5.12. The molecule has 0 aliphatic rings. The summed E-state index contributed by atoms with van der Waals surface area (Å²) < 4.78 is 83.6. The number of halogens is 6. The molecule has 0 aliphatic heterocycles. The molecule has 0 atom stereocenters. The number of rotatable bonds is 3. The summed E-state index contributed by atoms with van der Waals surface area (Å²) in [5.41, 5.74) is 3.55. The van der Waals surface area contributed by atoms with E-state index in [9.17, 15) is 26.3 Å². The summed E-state index contributed by atoms with van der Waals surface area (Å²) in [6.45, 7) is 0. The topological polar surface area (TPSA) is 61.0 Å². The lowest BCUT2D eigenvalue weighted by Gasteiger charge is -2.15. The van der Waals surface area contributed by atoms with E-state index in [4.69, 9.17) is 10.5 Å². The first-order valence-corrected chi connectivity index (χ1v) is 8.05. The molecule has 1 aromatic carbocycles. The van der Waals surface area contributed by atoms with E-state index in [0.717, 1.165) is 6.20 Å². The molecular formula is C19H13F6N3O. The summed E-state index contributed by atoms with van der Waals surface area (Å²) in [5.74, 6) is 0.368. The number of aromatic nitrogens is 2. The number of pyridine rings is 2. The predicted octanol–water partition coefficient (Wildman–Crippen LogP) is 5.44. The van der Waals surface area contributed by atoms with Crippen LogP contribution in [0.3, 0.4) is 0 Å². The van der Waals surface area contributed by atoms with Crippen LogP contribution >= 0.6 is 0 Å². The highest BCUT2D eigenvalue weighted by atomic mass is 19.4. The van der Waals surface area contributed by atoms with Crippen molar-refractivity contribution in [1.82, 2.24) is 9.97 Å². The summed E-state index contributed by atoms with van der Waals surface area (Å²) in [6, 6.07) is 5.84. The van der Waals surface area contributed by atoms with Crippen LogP contribution in [0, 0.1) is 0 Å². The van der Waals surface area contributed by atoms with Crippen molar-refractivity contribution in [2.45, 2.75) is 12.4 Å². The van der Waals surface area contributed by atoms with Crippen LogP contribution in [-0.4, -0.2) is 17.1 Å². The molecule has 0 unspecified atom stereocenters. The highest BCUT2D eigenvalue weighted by molar-refractivity contribution is 5.79. The molecule has 3 rings (SSSR count). The lowest BCUT2D eigenvalue weighted by Crippen LogP contribution is -2.11. The van der Waals surface area contributed by atoms with Gasteiger partial charge in [-0.05, 0) is 35.9 Å². The lowest BCUT2D eigenvalue weighted by atomic mass is 9.98. The third kappa shape index (κ3) is 4.41. The molecule has 2 N–H and O–H groups in total. The van der Waals surface area contributed by atoms with Crippen molar-refractivity contribution >= 4 is 5.82 Å². The normalized spacial score (nSPS) is 12.1. The second kappa shape index (κ2) is 7.26. The fourth-order valence-corrected chi connectivity index (χ4v) is 2.65. The van der Waals surface area contributed by atoms with Crippen molar-refractivity contribution < 1.29 is 31.1 Å². The quantitative estimate of drug-likeness (QED) is 0.581. The average Bonchev–Trinajstić information content (AvgIpc) is 2.67. The van der Waals surface area contributed by atoms with Crippen LogP contribution in [0.4, 0.5) is 32.2 Å². The molecule has 0 aliphatic carbocycles. The standard InChI is InChI=1S/C19H13F6N3O/c1-29-16-3-2-10(8-27-16)15-6-12(9-28-17(15)26)11-4-13(18(20,21)22)7-14(5-11)19(23,24)25/h2-9H,1H3,(H2,26,28). The maximum absolute atomic E-state index is 13.1. The Balaban J connectivity index is 2.15.